The van der Waals surface area contributed by atoms with Gasteiger partial charge >= 0.3 is 0 Å². The van der Waals surface area contributed by atoms with E-state index < -0.39 is 5.60 Å². The molecule has 1 fully saturated rings. The minimum Gasteiger partial charge on any atom is -0.378 e. The number of piperazine rings is 1. The molecule has 1 heterocycles. The van der Waals surface area contributed by atoms with E-state index in [1.807, 2.05) is 18.3 Å². The number of hydrogen-bond donors (Lipinski definition) is 1. The van der Waals surface area contributed by atoms with Crippen molar-refractivity contribution < 1.29 is 14.3 Å². The number of halogens is 2. The van der Waals surface area contributed by atoms with E-state index in [0.717, 1.165) is 31.7 Å². The molecule has 4 nitrogen and oxygen atoms in total. The minimum atomic E-state index is -1.17. The minimum absolute atomic E-state index is 0.164. The molecule has 2 aromatic carbocycles. The number of carbonyl (C=O) groups excluding carboxylic acids is 1. The van der Waals surface area contributed by atoms with Crippen molar-refractivity contribution in [2.45, 2.75) is 39.0 Å². The molecule has 1 saturated heterocycles. The highest BCUT2D eigenvalue weighted by Gasteiger charge is 2.21. The Morgan fingerprint density at radius 1 is 1.25 bits per heavy atom. The molecule has 168 valence electrons. The fourth-order valence-electron chi connectivity index (χ4n) is 3.57. The number of ketones is 1. The molecular formula is C26H28ClFN2O2. The molecule has 1 N–H and O–H groups in total. The summed E-state index contributed by atoms with van der Waals surface area (Å²) in [4.78, 5) is 17.3. The van der Waals surface area contributed by atoms with Gasteiger partial charge in [0.1, 0.15) is 11.4 Å². The number of allylic oxidation sites excluding steroid dienone is 1. The number of hydrogen-bond acceptors (Lipinski definition) is 4. The van der Waals surface area contributed by atoms with Gasteiger partial charge in [0.05, 0.1) is 0 Å². The molecule has 0 amide bonds. The van der Waals surface area contributed by atoms with E-state index in [4.69, 9.17) is 11.6 Å². The summed E-state index contributed by atoms with van der Waals surface area (Å²) in [7, 11) is 0. The molecule has 1 aliphatic heterocycles. The maximum Gasteiger partial charge on any atom is 0.188 e. The molecule has 1 unspecified atom stereocenters. The van der Waals surface area contributed by atoms with Crippen molar-refractivity contribution in [2.75, 3.05) is 19.6 Å². The van der Waals surface area contributed by atoms with Crippen LogP contribution in [0.2, 0.25) is 5.02 Å². The summed E-state index contributed by atoms with van der Waals surface area (Å²) in [5.41, 5.74) is 0.859. The van der Waals surface area contributed by atoms with E-state index in [9.17, 15) is 14.3 Å². The predicted octanol–water partition coefficient (Wildman–Crippen LogP) is 4.50. The van der Waals surface area contributed by atoms with Crippen molar-refractivity contribution in [3.63, 3.8) is 0 Å². The van der Waals surface area contributed by atoms with Crippen LogP contribution in [0.25, 0.3) is 0 Å². The molecule has 1 atom stereocenters. The lowest BCUT2D eigenvalue weighted by atomic mass is 10.0. The van der Waals surface area contributed by atoms with Crippen molar-refractivity contribution in [3.8, 4) is 11.8 Å². The standard InChI is InChI=1S/C26H28ClFN2O2/c1-19-17-29(18-20-4-7-23(28)8-5-20)14-15-30(19)13-11-25(31)24-9-6-22(27)16-21(24)10-12-26(2,3)32/h4-9,11,13,16,19,32H,14-15,17-18H2,1-3H3/b13-11+. The van der Waals surface area contributed by atoms with Gasteiger partial charge < -0.3 is 10.0 Å². The third-order valence-corrected chi connectivity index (χ3v) is 5.49. The molecule has 6 heteroatoms. The third kappa shape index (κ3) is 6.93. The molecule has 2 aromatic rings. The highest BCUT2D eigenvalue weighted by Crippen LogP contribution is 2.18. The maximum atomic E-state index is 13.1. The summed E-state index contributed by atoms with van der Waals surface area (Å²) < 4.78 is 13.1. The molecular weight excluding hydrogens is 427 g/mol. The van der Waals surface area contributed by atoms with Crippen LogP contribution >= 0.6 is 11.6 Å². The Kier molecular flexibility index (Phi) is 7.73. The van der Waals surface area contributed by atoms with E-state index >= 15 is 0 Å². The Balaban J connectivity index is 1.65. The van der Waals surface area contributed by atoms with Crippen molar-refractivity contribution in [1.82, 2.24) is 9.80 Å². The first-order valence-corrected chi connectivity index (χ1v) is 11.0. The molecule has 0 radical (unpaired) electrons. The Labute approximate surface area is 194 Å². The zero-order valence-electron chi connectivity index (χ0n) is 18.6. The van der Waals surface area contributed by atoms with Crippen LogP contribution in [0.15, 0.2) is 54.7 Å². The molecule has 0 aliphatic carbocycles. The summed E-state index contributed by atoms with van der Waals surface area (Å²) in [5.74, 6) is 5.22. The normalized spacial score (nSPS) is 17.3. The topological polar surface area (TPSA) is 43.8 Å². The van der Waals surface area contributed by atoms with Crippen LogP contribution in [0.4, 0.5) is 4.39 Å². The smallest absolute Gasteiger partial charge is 0.188 e. The lowest BCUT2D eigenvalue weighted by Gasteiger charge is -2.39. The molecule has 32 heavy (non-hydrogen) atoms. The van der Waals surface area contributed by atoms with E-state index in [1.54, 1.807) is 38.1 Å². The average Bonchev–Trinajstić information content (AvgIpc) is 2.72. The first kappa shape index (κ1) is 24.0. The van der Waals surface area contributed by atoms with E-state index in [1.165, 1.54) is 12.1 Å². The summed E-state index contributed by atoms with van der Waals surface area (Å²) >= 11 is 6.08. The highest BCUT2D eigenvalue weighted by atomic mass is 35.5. The van der Waals surface area contributed by atoms with Crippen LogP contribution < -0.4 is 0 Å². The summed E-state index contributed by atoms with van der Waals surface area (Å²) in [6.45, 7) is 8.55. The van der Waals surface area contributed by atoms with Gasteiger partial charge in [-0.25, -0.2) is 4.39 Å². The van der Waals surface area contributed by atoms with Crippen molar-refractivity contribution >= 4 is 17.4 Å². The Morgan fingerprint density at radius 3 is 2.62 bits per heavy atom. The van der Waals surface area contributed by atoms with Gasteiger partial charge in [0.2, 0.25) is 0 Å². The molecule has 1 aliphatic rings. The molecule has 3 rings (SSSR count). The van der Waals surface area contributed by atoms with Crippen molar-refractivity contribution in [2.24, 2.45) is 0 Å². The van der Waals surface area contributed by atoms with Crippen LogP contribution in [0.1, 0.15) is 42.3 Å². The lowest BCUT2D eigenvalue weighted by molar-refractivity contribution is 0.102. The number of nitrogens with zero attached hydrogens (tertiary/aromatic N) is 2. The van der Waals surface area contributed by atoms with Crippen LogP contribution in [0, 0.1) is 17.7 Å². The van der Waals surface area contributed by atoms with E-state index in [0.29, 0.717) is 16.1 Å². The SMILES string of the molecule is CC1CN(Cc2ccc(F)cc2)CCN1/C=C/C(=O)c1ccc(Cl)cc1C#CC(C)(C)O. The van der Waals surface area contributed by atoms with Crippen LogP contribution in [-0.4, -0.2) is 52.0 Å². The Morgan fingerprint density at radius 2 is 1.97 bits per heavy atom. The fourth-order valence-corrected chi connectivity index (χ4v) is 3.74. The zero-order chi connectivity index (χ0) is 23.3. The number of aliphatic hydroxyl groups is 1. The van der Waals surface area contributed by atoms with Crippen molar-refractivity contribution in [1.29, 1.82) is 0 Å². The monoisotopic (exact) mass is 454 g/mol. The Bertz CT molecular complexity index is 1050. The second kappa shape index (κ2) is 10.3. The van der Waals surface area contributed by atoms with E-state index in [2.05, 4.69) is 28.6 Å². The summed E-state index contributed by atoms with van der Waals surface area (Å²) in [6, 6.07) is 11.8. The predicted molar refractivity (Wildman–Crippen MR) is 126 cm³/mol. The number of carbonyl (C=O) groups is 1. The Hall–Kier alpha value is -2.65. The first-order chi connectivity index (χ1) is 15.1. The van der Waals surface area contributed by atoms with Crippen LogP contribution in [-0.2, 0) is 6.54 Å². The van der Waals surface area contributed by atoms with Gasteiger partial charge in [0.25, 0.3) is 0 Å². The van der Waals surface area contributed by atoms with Gasteiger partial charge in [-0.1, -0.05) is 35.6 Å². The quantitative estimate of drug-likeness (QED) is 0.410. The summed E-state index contributed by atoms with van der Waals surface area (Å²) in [5, 5.41) is 10.4. The molecule has 0 spiro atoms. The van der Waals surface area contributed by atoms with Crippen LogP contribution in [0.3, 0.4) is 0 Å². The highest BCUT2D eigenvalue weighted by molar-refractivity contribution is 6.30. The van der Waals surface area contributed by atoms with Gasteiger partial charge in [-0.3, -0.25) is 9.69 Å². The second-order valence-electron chi connectivity index (χ2n) is 8.63. The zero-order valence-corrected chi connectivity index (χ0v) is 19.4. The fraction of sp³-hybridized carbons (Fsp3) is 0.346. The molecule has 0 bridgehead atoms. The number of rotatable bonds is 5. The first-order valence-electron chi connectivity index (χ1n) is 10.6. The van der Waals surface area contributed by atoms with E-state index in [-0.39, 0.29) is 17.6 Å². The lowest BCUT2D eigenvalue weighted by Crippen LogP contribution is -2.49. The van der Waals surface area contributed by atoms with Gasteiger partial charge in [0.15, 0.2) is 5.78 Å². The molecule has 0 aromatic heterocycles. The molecule has 0 saturated carbocycles. The largest absolute Gasteiger partial charge is 0.378 e. The summed E-state index contributed by atoms with van der Waals surface area (Å²) in [6.07, 6.45) is 3.40. The van der Waals surface area contributed by atoms with Gasteiger partial charge in [0, 0.05) is 60.6 Å². The average molecular weight is 455 g/mol. The van der Waals surface area contributed by atoms with Crippen LogP contribution in [0.5, 0.6) is 0 Å². The third-order valence-electron chi connectivity index (χ3n) is 5.25. The second-order valence-corrected chi connectivity index (χ2v) is 9.06. The van der Waals surface area contributed by atoms with Gasteiger partial charge in [-0.15, -0.1) is 0 Å². The van der Waals surface area contributed by atoms with Crippen molar-refractivity contribution in [3.05, 3.63) is 82.3 Å². The number of benzene rings is 2. The van der Waals surface area contributed by atoms with Gasteiger partial charge in [-0.2, -0.15) is 0 Å². The van der Waals surface area contributed by atoms with Gasteiger partial charge in [-0.05, 0) is 56.7 Å². The maximum absolute atomic E-state index is 13.1.